The lowest BCUT2D eigenvalue weighted by Crippen LogP contribution is -2.29. The highest BCUT2D eigenvalue weighted by molar-refractivity contribution is 5.25. The van der Waals surface area contributed by atoms with Crippen LogP contribution in [0.3, 0.4) is 0 Å². The number of nitrogens with zero attached hydrogens (tertiary/aromatic N) is 1. The molecule has 0 saturated carbocycles. The molecule has 0 aliphatic heterocycles. The average molecular weight is 238 g/mol. The summed E-state index contributed by atoms with van der Waals surface area (Å²) in [6.07, 6.45) is 0.844. The Morgan fingerprint density at radius 1 is 1.35 bits per heavy atom. The Kier molecular flexibility index (Phi) is 5.09. The van der Waals surface area contributed by atoms with Crippen molar-refractivity contribution in [3.05, 3.63) is 35.1 Å². The van der Waals surface area contributed by atoms with E-state index in [1.807, 2.05) is 6.07 Å². The number of benzene rings is 1. The van der Waals surface area contributed by atoms with Gasteiger partial charge >= 0.3 is 0 Å². The van der Waals surface area contributed by atoms with Crippen LogP contribution in [-0.2, 0) is 0 Å². The zero-order valence-electron chi connectivity index (χ0n) is 11.2. The summed E-state index contributed by atoms with van der Waals surface area (Å²) in [4.78, 5) is 2.24. The number of hydrogen-bond donors (Lipinski definition) is 1. The molecule has 0 bridgehead atoms. The van der Waals surface area contributed by atoms with Crippen molar-refractivity contribution in [3.63, 3.8) is 0 Å². The normalized spacial score (nSPS) is 13.4. The van der Waals surface area contributed by atoms with Crippen LogP contribution in [0.1, 0.15) is 37.4 Å². The molecule has 2 nitrogen and oxygen atoms in total. The van der Waals surface area contributed by atoms with Gasteiger partial charge in [0, 0.05) is 12.1 Å². The fraction of sp³-hybridized carbons (Fsp3) is 0.571. The van der Waals surface area contributed by atoms with E-state index < -0.39 is 0 Å². The van der Waals surface area contributed by atoms with E-state index in [4.69, 9.17) is 5.73 Å². The van der Waals surface area contributed by atoms with Crippen LogP contribution in [0.5, 0.6) is 0 Å². The van der Waals surface area contributed by atoms with Crippen molar-refractivity contribution in [1.29, 1.82) is 0 Å². The summed E-state index contributed by atoms with van der Waals surface area (Å²) in [5, 5.41) is 0. The molecule has 0 spiro atoms. The minimum Gasteiger partial charge on any atom is -0.324 e. The molecule has 1 rings (SSSR count). The molecule has 0 aromatic heterocycles. The largest absolute Gasteiger partial charge is 0.324 e. The van der Waals surface area contributed by atoms with Crippen LogP contribution in [0.25, 0.3) is 0 Å². The molecule has 0 aliphatic carbocycles. The van der Waals surface area contributed by atoms with Crippen molar-refractivity contribution in [2.45, 2.75) is 39.3 Å². The summed E-state index contributed by atoms with van der Waals surface area (Å²) >= 11 is 0. The van der Waals surface area contributed by atoms with Gasteiger partial charge in [0.25, 0.3) is 0 Å². The SMILES string of the molecule is Cc1ccc(C(N)CCN(C)C(C)C)cc1F. The first-order valence-electron chi connectivity index (χ1n) is 6.13. The molecule has 0 saturated heterocycles. The maximum absolute atomic E-state index is 13.4. The Hall–Kier alpha value is -0.930. The first kappa shape index (κ1) is 14.1. The van der Waals surface area contributed by atoms with E-state index in [2.05, 4.69) is 25.8 Å². The Balaban J connectivity index is 2.58. The van der Waals surface area contributed by atoms with Crippen LogP contribution in [0.15, 0.2) is 18.2 Å². The monoisotopic (exact) mass is 238 g/mol. The predicted octanol–water partition coefficient (Wildman–Crippen LogP) is 2.86. The zero-order chi connectivity index (χ0) is 13.0. The predicted molar refractivity (Wildman–Crippen MR) is 70.4 cm³/mol. The highest BCUT2D eigenvalue weighted by atomic mass is 19.1. The summed E-state index contributed by atoms with van der Waals surface area (Å²) in [6.45, 7) is 6.99. The van der Waals surface area contributed by atoms with Gasteiger partial charge in [-0.15, -0.1) is 0 Å². The second-order valence-corrected chi connectivity index (χ2v) is 4.98. The quantitative estimate of drug-likeness (QED) is 0.854. The van der Waals surface area contributed by atoms with Crippen LogP contribution in [0.4, 0.5) is 4.39 Å². The van der Waals surface area contributed by atoms with Crippen molar-refractivity contribution in [2.75, 3.05) is 13.6 Å². The van der Waals surface area contributed by atoms with Crippen molar-refractivity contribution < 1.29 is 4.39 Å². The summed E-state index contributed by atoms with van der Waals surface area (Å²) in [6, 6.07) is 5.67. The number of halogens is 1. The molecule has 0 aliphatic rings. The second kappa shape index (κ2) is 6.12. The molecule has 0 amide bonds. The highest BCUT2D eigenvalue weighted by Crippen LogP contribution is 2.17. The zero-order valence-corrected chi connectivity index (χ0v) is 11.2. The maximum Gasteiger partial charge on any atom is 0.126 e. The van der Waals surface area contributed by atoms with Crippen molar-refractivity contribution in [2.24, 2.45) is 5.73 Å². The molecule has 2 N–H and O–H groups in total. The highest BCUT2D eigenvalue weighted by Gasteiger charge is 2.10. The molecule has 1 aromatic carbocycles. The lowest BCUT2D eigenvalue weighted by Gasteiger charge is -2.23. The molecule has 1 atom stereocenters. The minimum atomic E-state index is -0.171. The van der Waals surface area contributed by atoms with E-state index in [1.165, 1.54) is 0 Å². The van der Waals surface area contributed by atoms with Crippen LogP contribution >= 0.6 is 0 Å². The fourth-order valence-electron chi connectivity index (χ4n) is 1.61. The molecular weight excluding hydrogens is 215 g/mol. The van der Waals surface area contributed by atoms with Gasteiger partial charge in [-0.05, 0) is 58.0 Å². The van der Waals surface area contributed by atoms with Gasteiger partial charge in [0.2, 0.25) is 0 Å². The van der Waals surface area contributed by atoms with Gasteiger partial charge in [0.1, 0.15) is 5.82 Å². The summed E-state index contributed by atoms with van der Waals surface area (Å²) < 4.78 is 13.4. The lowest BCUT2D eigenvalue weighted by atomic mass is 10.0. The molecule has 1 aromatic rings. The van der Waals surface area contributed by atoms with Crippen LogP contribution < -0.4 is 5.73 Å². The Morgan fingerprint density at radius 2 is 2.00 bits per heavy atom. The van der Waals surface area contributed by atoms with Gasteiger partial charge in [-0.3, -0.25) is 0 Å². The van der Waals surface area contributed by atoms with E-state index in [-0.39, 0.29) is 11.9 Å². The summed E-state index contributed by atoms with van der Waals surface area (Å²) in [7, 11) is 2.08. The molecule has 17 heavy (non-hydrogen) atoms. The van der Waals surface area contributed by atoms with Gasteiger partial charge < -0.3 is 10.6 Å². The number of nitrogens with two attached hydrogens (primary N) is 1. The first-order chi connectivity index (χ1) is 7.91. The van der Waals surface area contributed by atoms with Crippen LogP contribution in [0.2, 0.25) is 0 Å². The standard InChI is InChI=1S/C14H23FN2/c1-10(2)17(4)8-7-14(16)12-6-5-11(3)13(15)9-12/h5-6,9-10,14H,7-8,16H2,1-4H3. The third-order valence-corrected chi connectivity index (χ3v) is 3.30. The third kappa shape index (κ3) is 4.10. The van der Waals surface area contributed by atoms with E-state index >= 15 is 0 Å². The number of aryl methyl sites for hydroxylation is 1. The van der Waals surface area contributed by atoms with E-state index in [9.17, 15) is 4.39 Å². The van der Waals surface area contributed by atoms with Crippen molar-refractivity contribution in [1.82, 2.24) is 4.90 Å². The van der Waals surface area contributed by atoms with Crippen LogP contribution in [-0.4, -0.2) is 24.5 Å². The number of hydrogen-bond acceptors (Lipinski definition) is 2. The van der Waals surface area contributed by atoms with Gasteiger partial charge in [0.05, 0.1) is 0 Å². The first-order valence-corrected chi connectivity index (χ1v) is 6.13. The van der Waals surface area contributed by atoms with Gasteiger partial charge in [0.15, 0.2) is 0 Å². The van der Waals surface area contributed by atoms with Gasteiger partial charge in [-0.25, -0.2) is 4.39 Å². The van der Waals surface area contributed by atoms with E-state index in [1.54, 1.807) is 19.1 Å². The molecule has 0 fully saturated rings. The van der Waals surface area contributed by atoms with Crippen LogP contribution in [0, 0.1) is 12.7 Å². The second-order valence-electron chi connectivity index (χ2n) is 4.98. The molecule has 3 heteroatoms. The van der Waals surface area contributed by atoms with E-state index in [0.29, 0.717) is 11.6 Å². The Labute approximate surface area is 104 Å². The van der Waals surface area contributed by atoms with E-state index in [0.717, 1.165) is 18.5 Å². The average Bonchev–Trinajstić information content (AvgIpc) is 2.28. The number of rotatable bonds is 5. The smallest absolute Gasteiger partial charge is 0.126 e. The molecular formula is C14H23FN2. The van der Waals surface area contributed by atoms with Gasteiger partial charge in [-0.2, -0.15) is 0 Å². The topological polar surface area (TPSA) is 29.3 Å². The Bertz CT molecular complexity index is 363. The van der Waals surface area contributed by atoms with Gasteiger partial charge in [-0.1, -0.05) is 12.1 Å². The van der Waals surface area contributed by atoms with Crippen molar-refractivity contribution >= 4 is 0 Å². The lowest BCUT2D eigenvalue weighted by molar-refractivity contribution is 0.263. The Morgan fingerprint density at radius 3 is 2.53 bits per heavy atom. The minimum absolute atomic E-state index is 0.0914. The molecule has 0 heterocycles. The third-order valence-electron chi connectivity index (χ3n) is 3.30. The molecule has 1 unspecified atom stereocenters. The maximum atomic E-state index is 13.4. The molecule has 96 valence electrons. The summed E-state index contributed by atoms with van der Waals surface area (Å²) in [5.74, 6) is -0.171. The summed E-state index contributed by atoms with van der Waals surface area (Å²) in [5.41, 5.74) is 7.62. The van der Waals surface area contributed by atoms with Crippen molar-refractivity contribution in [3.8, 4) is 0 Å². The fourth-order valence-corrected chi connectivity index (χ4v) is 1.61. The molecule has 0 radical (unpaired) electrons.